The summed E-state index contributed by atoms with van der Waals surface area (Å²) in [5.41, 5.74) is 0. The minimum absolute atomic E-state index is 0. The van der Waals surface area contributed by atoms with Crippen LogP contribution in [0.1, 0.15) is 57.1 Å². The van der Waals surface area contributed by atoms with E-state index in [-0.39, 0.29) is 29.9 Å². The Morgan fingerprint density at radius 1 is 1.17 bits per heavy atom. The monoisotopic (exact) mass is 532 g/mol. The lowest BCUT2D eigenvalue weighted by Gasteiger charge is -2.34. The minimum Gasteiger partial charge on any atom is -0.469 e. The van der Waals surface area contributed by atoms with Crippen LogP contribution in [0.25, 0.3) is 0 Å². The van der Waals surface area contributed by atoms with E-state index in [0.717, 1.165) is 44.1 Å². The Bertz CT molecular complexity index is 624. The van der Waals surface area contributed by atoms with Crippen LogP contribution >= 0.6 is 24.0 Å². The molecule has 0 atom stereocenters. The molecule has 7 nitrogen and oxygen atoms in total. The number of methoxy groups -OCH3 is 1. The van der Waals surface area contributed by atoms with Crippen molar-refractivity contribution in [1.29, 1.82) is 0 Å². The smallest absolute Gasteiger partial charge is 0.224 e. The zero-order valence-electron chi connectivity index (χ0n) is 18.1. The quantitative estimate of drug-likeness (QED) is 0.305. The van der Waals surface area contributed by atoms with E-state index < -0.39 is 0 Å². The van der Waals surface area contributed by atoms with Gasteiger partial charge < -0.3 is 24.7 Å². The Morgan fingerprint density at radius 2 is 1.87 bits per heavy atom. The molecule has 0 spiro atoms. The molecule has 2 heterocycles. The number of amides is 1. The van der Waals surface area contributed by atoms with E-state index in [1.54, 1.807) is 13.4 Å². The largest absolute Gasteiger partial charge is 0.469 e. The van der Waals surface area contributed by atoms with E-state index in [9.17, 15) is 4.79 Å². The van der Waals surface area contributed by atoms with Gasteiger partial charge in [-0.15, -0.1) is 24.0 Å². The predicted octanol–water partition coefficient (Wildman–Crippen LogP) is 3.34. The molecule has 1 aromatic rings. The van der Waals surface area contributed by atoms with Gasteiger partial charge in [0.1, 0.15) is 5.76 Å². The average Bonchev–Trinajstić information content (AvgIpc) is 3.27. The summed E-state index contributed by atoms with van der Waals surface area (Å²) in [6.45, 7) is 2.78. The van der Waals surface area contributed by atoms with Crippen molar-refractivity contribution in [3.05, 3.63) is 24.2 Å². The molecule has 30 heavy (non-hydrogen) atoms. The Labute approximate surface area is 197 Å². The Kier molecular flexibility index (Phi) is 11.6. The number of guanidine groups is 1. The number of piperidine rings is 1. The first kappa shape index (κ1) is 25.0. The fraction of sp³-hybridized carbons (Fsp3) is 0.727. The first-order valence-electron chi connectivity index (χ1n) is 11.1. The van der Waals surface area contributed by atoms with E-state index >= 15 is 0 Å². The zero-order valence-corrected chi connectivity index (χ0v) is 20.4. The van der Waals surface area contributed by atoms with Crippen molar-refractivity contribution < 1.29 is 13.9 Å². The molecule has 0 unspecified atom stereocenters. The highest BCUT2D eigenvalue weighted by atomic mass is 127. The first-order chi connectivity index (χ1) is 14.2. The second kappa shape index (κ2) is 13.9. The summed E-state index contributed by atoms with van der Waals surface area (Å²) >= 11 is 0. The lowest BCUT2D eigenvalue weighted by atomic mass is 9.95. The molecule has 1 aliphatic carbocycles. The lowest BCUT2D eigenvalue weighted by Crippen LogP contribution is -2.52. The molecule has 1 aromatic heterocycles. The van der Waals surface area contributed by atoms with Crippen molar-refractivity contribution in [2.24, 2.45) is 4.99 Å². The maximum atomic E-state index is 12.2. The number of nitrogens with zero attached hydrogens (tertiary/aromatic N) is 2. The molecule has 3 rings (SSSR count). The van der Waals surface area contributed by atoms with Crippen molar-refractivity contribution in [3.63, 3.8) is 0 Å². The maximum absolute atomic E-state index is 12.2. The molecule has 170 valence electrons. The van der Waals surface area contributed by atoms with Gasteiger partial charge in [-0.1, -0.05) is 19.3 Å². The van der Waals surface area contributed by atoms with Gasteiger partial charge in [0.15, 0.2) is 5.96 Å². The predicted molar refractivity (Wildman–Crippen MR) is 129 cm³/mol. The topological polar surface area (TPSA) is 79.1 Å². The van der Waals surface area contributed by atoms with Gasteiger partial charge in [-0.05, 0) is 37.8 Å². The molecule has 2 aliphatic rings. The normalized spacial score (nSPS) is 18.7. The van der Waals surface area contributed by atoms with Crippen LogP contribution in [0, 0.1) is 0 Å². The third-order valence-electron chi connectivity index (χ3n) is 5.86. The molecule has 0 radical (unpaired) electrons. The summed E-state index contributed by atoms with van der Waals surface area (Å²) in [6.07, 6.45) is 11.2. The van der Waals surface area contributed by atoms with Crippen molar-refractivity contribution >= 4 is 35.8 Å². The van der Waals surface area contributed by atoms with Gasteiger partial charge in [-0.3, -0.25) is 9.79 Å². The van der Waals surface area contributed by atoms with Crippen LogP contribution in [0.4, 0.5) is 0 Å². The van der Waals surface area contributed by atoms with Crippen molar-refractivity contribution in [2.45, 2.75) is 69.9 Å². The van der Waals surface area contributed by atoms with E-state index in [0.29, 0.717) is 31.7 Å². The number of likely N-dealkylation sites (tertiary alicyclic amines) is 1. The molecule has 1 saturated carbocycles. The number of hydrogen-bond donors (Lipinski definition) is 2. The summed E-state index contributed by atoms with van der Waals surface area (Å²) in [5.74, 6) is 2.07. The number of ether oxygens (including phenoxy) is 1. The van der Waals surface area contributed by atoms with Crippen LogP contribution in [0.3, 0.4) is 0 Å². The molecule has 8 heteroatoms. The number of nitrogens with one attached hydrogen (secondary N) is 2. The highest BCUT2D eigenvalue weighted by Gasteiger charge is 2.24. The number of furan rings is 1. The van der Waals surface area contributed by atoms with Crippen LogP contribution < -0.4 is 10.6 Å². The van der Waals surface area contributed by atoms with Gasteiger partial charge in [0.2, 0.25) is 5.91 Å². The third kappa shape index (κ3) is 8.45. The van der Waals surface area contributed by atoms with Crippen LogP contribution in [0.2, 0.25) is 0 Å². The molecular weight excluding hydrogens is 495 g/mol. The number of halogens is 1. The van der Waals surface area contributed by atoms with Crippen LogP contribution in [-0.4, -0.2) is 62.2 Å². The standard InChI is InChI=1S/C22H36N4O3.HI/c1-28-17-12-21(27)26-14-10-19(11-15-26)25-22(24-18-6-3-2-4-7-18)23-13-9-20-8-5-16-29-20;/h5,8,16,18-19H,2-4,6-7,9-15,17H2,1H3,(H2,23,24,25);1H. The second-order valence-corrected chi connectivity index (χ2v) is 8.08. The van der Waals surface area contributed by atoms with Crippen molar-refractivity contribution in [3.8, 4) is 0 Å². The van der Waals surface area contributed by atoms with Gasteiger partial charge in [-0.25, -0.2) is 0 Å². The number of carbonyl (C=O) groups is 1. The Balaban J connectivity index is 0.00000320. The molecule has 1 aliphatic heterocycles. The van der Waals surface area contributed by atoms with Crippen molar-refractivity contribution in [2.75, 3.05) is 33.4 Å². The van der Waals surface area contributed by atoms with Gasteiger partial charge in [0.05, 0.1) is 19.3 Å². The number of aliphatic imine (C=N–C) groups is 1. The maximum Gasteiger partial charge on any atom is 0.224 e. The van der Waals surface area contributed by atoms with Crippen LogP contribution in [0.15, 0.2) is 27.8 Å². The zero-order chi connectivity index (χ0) is 20.3. The molecule has 1 saturated heterocycles. The molecule has 2 fully saturated rings. The van der Waals surface area contributed by atoms with Crippen LogP contribution in [-0.2, 0) is 16.0 Å². The Morgan fingerprint density at radius 3 is 2.50 bits per heavy atom. The summed E-state index contributed by atoms with van der Waals surface area (Å²) in [4.78, 5) is 19.0. The highest BCUT2D eigenvalue weighted by molar-refractivity contribution is 14.0. The minimum atomic E-state index is 0. The van der Waals surface area contributed by atoms with E-state index in [2.05, 4.69) is 10.6 Å². The van der Waals surface area contributed by atoms with E-state index in [1.165, 1.54) is 32.1 Å². The Hall–Kier alpha value is -1.29. The summed E-state index contributed by atoms with van der Waals surface area (Å²) in [5, 5.41) is 7.29. The molecular formula is C22H37IN4O3. The van der Waals surface area contributed by atoms with Gasteiger partial charge in [-0.2, -0.15) is 0 Å². The van der Waals surface area contributed by atoms with Gasteiger partial charge >= 0.3 is 0 Å². The number of hydrogen-bond acceptors (Lipinski definition) is 4. The summed E-state index contributed by atoms with van der Waals surface area (Å²) in [6, 6.07) is 4.77. The highest BCUT2D eigenvalue weighted by Crippen LogP contribution is 2.18. The van der Waals surface area contributed by atoms with Crippen molar-refractivity contribution in [1.82, 2.24) is 15.5 Å². The third-order valence-corrected chi connectivity index (χ3v) is 5.86. The first-order valence-corrected chi connectivity index (χ1v) is 11.1. The van der Waals surface area contributed by atoms with E-state index in [1.807, 2.05) is 17.0 Å². The fourth-order valence-corrected chi connectivity index (χ4v) is 4.12. The van der Waals surface area contributed by atoms with Gasteiger partial charge in [0.25, 0.3) is 0 Å². The number of rotatable bonds is 8. The summed E-state index contributed by atoms with van der Waals surface area (Å²) in [7, 11) is 1.63. The molecule has 0 bridgehead atoms. The molecule has 1 amide bonds. The van der Waals surface area contributed by atoms with Crippen LogP contribution in [0.5, 0.6) is 0 Å². The molecule has 2 N–H and O–H groups in total. The lowest BCUT2D eigenvalue weighted by molar-refractivity contribution is -0.133. The average molecular weight is 532 g/mol. The van der Waals surface area contributed by atoms with E-state index in [4.69, 9.17) is 14.1 Å². The van der Waals surface area contributed by atoms with Gasteiger partial charge in [0, 0.05) is 45.2 Å². The fourth-order valence-electron chi connectivity index (χ4n) is 4.12. The summed E-state index contributed by atoms with van der Waals surface area (Å²) < 4.78 is 10.4. The SMILES string of the molecule is COCCC(=O)N1CCC(NC(=NCCc2ccco2)NC2CCCCC2)CC1.I. The molecule has 0 aromatic carbocycles. The second-order valence-electron chi connectivity index (χ2n) is 8.08. The number of carbonyl (C=O) groups excluding carboxylic acids is 1.